The molecule has 3 aliphatic rings. The van der Waals surface area contributed by atoms with Gasteiger partial charge in [-0.25, -0.2) is 4.79 Å². The number of likely N-dealkylation sites (tertiary alicyclic amines) is 1. The molecule has 0 radical (unpaired) electrons. The number of amides is 2. The summed E-state index contributed by atoms with van der Waals surface area (Å²) in [6, 6.07) is 10.9. The van der Waals surface area contributed by atoms with Crippen molar-refractivity contribution in [2.24, 2.45) is 5.92 Å². The molecule has 3 fully saturated rings. The number of anilines is 1. The maximum atomic E-state index is 12.6. The Morgan fingerprint density at radius 2 is 1.91 bits per heavy atom. The summed E-state index contributed by atoms with van der Waals surface area (Å²) in [4.78, 5) is 51.6. The number of benzene rings is 1. The van der Waals surface area contributed by atoms with Gasteiger partial charge >= 0.3 is 6.09 Å². The molecule has 2 saturated heterocycles. The predicted octanol–water partition coefficient (Wildman–Crippen LogP) is 2.96. The Hall–Kier alpha value is -3.42. The Kier molecular flexibility index (Phi) is 4.87. The lowest BCUT2D eigenvalue weighted by Crippen LogP contribution is -2.37. The molecule has 0 spiro atoms. The second-order valence-electron chi connectivity index (χ2n) is 8.95. The maximum Gasteiger partial charge on any atom is 0.414 e. The number of fused-ring (bicyclic) bond motifs is 1. The van der Waals surface area contributed by atoms with Gasteiger partial charge in [-0.15, -0.1) is 0 Å². The Morgan fingerprint density at radius 3 is 2.59 bits per heavy atom. The molecular weight excluding hydrogens is 412 g/mol. The molecule has 8 heteroatoms. The Labute approximate surface area is 185 Å². The van der Waals surface area contributed by atoms with Gasteiger partial charge in [-0.2, -0.15) is 0 Å². The van der Waals surface area contributed by atoms with Crippen molar-refractivity contribution >= 4 is 29.3 Å². The smallest absolute Gasteiger partial charge is 0.414 e. The summed E-state index contributed by atoms with van der Waals surface area (Å²) < 4.78 is 10.5. The number of carbonyl (C=O) groups is 4. The quantitative estimate of drug-likeness (QED) is 0.489. The first-order valence-electron chi connectivity index (χ1n) is 10.8. The largest absolute Gasteiger partial charge is 0.461 e. The van der Waals surface area contributed by atoms with E-state index in [4.69, 9.17) is 9.15 Å². The van der Waals surface area contributed by atoms with E-state index in [-0.39, 0.29) is 23.1 Å². The third-order valence-electron chi connectivity index (χ3n) is 6.82. The van der Waals surface area contributed by atoms with E-state index in [1.54, 1.807) is 15.9 Å². The van der Waals surface area contributed by atoms with Gasteiger partial charge in [0, 0.05) is 30.6 Å². The first kappa shape index (κ1) is 20.5. The molecule has 3 heterocycles. The molecule has 2 amide bonds. The molecule has 8 nitrogen and oxygen atoms in total. The summed E-state index contributed by atoms with van der Waals surface area (Å²) in [5, 5.41) is 0. The zero-order valence-electron chi connectivity index (χ0n) is 17.8. The summed E-state index contributed by atoms with van der Waals surface area (Å²) in [6.07, 6.45) is 2.60. The van der Waals surface area contributed by atoms with Crippen molar-refractivity contribution in [2.75, 3.05) is 24.5 Å². The Morgan fingerprint density at radius 1 is 1.12 bits per heavy atom. The number of carbonyl (C=O) groups excluding carboxylic acids is 4. The van der Waals surface area contributed by atoms with E-state index >= 15 is 0 Å². The summed E-state index contributed by atoms with van der Waals surface area (Å²) in [6.45, 7) is 3.02. The highest BCUT2D eigenvalue weighted by molar-refractivity contribution is 6.42. The van der Waals surface area contributed by atoms with Crippen molar-refractivity contribution in [2.45, 2.75) is 37.7 Å². The summed E-state index contributed by atoms with van der Waals surface area (Å²) in [7, 11) is 0. The number of piperidine rings is 1. The predicted molar refractivity (Wildman–Crippen MR) is 113 cm³/mol. The molecule has 1 aromatic heterocycles. The van der Waals surface area contributed by atoms with Gasteiger partial charge in [0.15, 0.2) is 5.76 Å². The zero-order valence-corrected chi connectivity index (χ0v) is 17.8. The first-order valence-corrected chi connectivity index (χ1v) is 10.8. The van der Waals surface area contributed by atoms with Crippen molar-refractivity contribution in [1.82, 2.24) is 4.90 Å². The van der Waals surface area contributed by atoms with E-state index in [1.807, 2.05) is 24.3 Å². The number of hydrogen-bond donors (Lipinski definition) is 0. The van der Waals surface area contributed by atoms with E-state index in [0.717, 1.165) is 17.7 Å². The molecule has 0 bridgehead atoms. The van der Waals surface area contributed by atoms with Gasteiger partial charge < -0.3 is 18.8 Å². The minimum Gasteiger partial charge on any atom is -0.461 e. The number of hydrogen-bond acceptors (Lipinski definition) is 6. The molecule has 2 unspecified atom stereocenters. The van der Waals surface area contributed by atoms with Crippen LogP contribution in [0.5, 0.6) is 0 Å². The minimum atomic E-state index is -0.617. The lowest BCUT2D eigenvalue weighted by atomic mass is 9.94. The van der Waals surface area contributed by atoms with Crippen LogP contribution < -0.4 is 4.90 Å². The monoisotopic (exact) mass is 436 g/mol. The molecule has 0 N–H and O–H groups in total. The summed E-state index contributed by atoms with van der Waals surface area (Å²) >= 11 is 0. The fraction of sp³-hybridized carbons (Fsp3) is 0.417. The van der Waals surface area contributed by atoms with Crippen LogP contribution in [0.3, 0.4) is 0 Å². The van der Waals surface area contributed by atoms with E-state index in [1.165, 1.54) is 19.3 Å². The van der Waals surface area contributed by atoms with Gasteiger partial charge in [0.25, 0.3) is 11.7 Å². The average molecular weight is 436 g/mol. The molecule has 1 saturated carbocycles. The molecule has 32 heavy (non-hydrogen) atoms. The topological polar surface area (TPSA) is 97.1 Å². The third-order valence-corrected chi connectivity index (χ3v) is 6.82. The van der Waals surface area contributed by atoms with Gasteiger partial charge in [-0.05, 0) is 55.5 Å². The molecule has 3 atom stereocenters. The molecule has 166 valence electrons. The van der Waals surface area contributed by atoms with Crippen LogP contribution in [0.2, 0.25) is 0 Å². The van der Waals surface area contributed by atoms with Gasteiger partial charge in [-0.3, -0.25) is 14.5 Å². The second-order valence-corrected chi connectivity index (χ2v) is 8.95. The van der Waals surface area contributed by atoms with E-state index in [0.29, 0.717) is 38.4 Å². The molecular formula is C24H24N2O6. The summed E-state index contributed by atoms with van der Waals surface area (Å²) in [5.74, 6) is -0.673. The van der Waals surface area contributed by atoms with Crippen LogP contribution in [0.25, 0.3) is 0 Å². The molecule has 5 rings (SSSR count). The van der Waals surface area contributed by atoms with Crippen LogP contribution in [0, 0.1) is 5.92 Å². The number of rotatable bonds is 7. The fourth-order valence-corrected chi connectivity index (χ4v) is 4.96. The highest BCUT2D eigenvalue weighted by Crippen LogP contribution is 2.59. The lowest BCUT2D eigenvalue weighted by Gasteiger charge is -2.21. The average Bonchev–Trinajstić information content (AvgIpc) is 3.22. The van der Waals surface area contributed by atoms with Crippen LogP contribution >= 0.6 is 0 Å². The van der Waals surface area contributed by atoms with Crippen molar-refractivity contribution in [1.29, 1.82) is 0 Å². The lowest BCUT2D eigenvalue weighted by molar-refractivity contribution is -0.126. The SMILES string of the molecule is CC(=O)CC[C@H]1CN(c2ccc(C34CC3CN(C(=O)C(=O)c3ccco3)C4)cc2)C(=O)O1. The van der Waals surface area contributed by atoms with Gasteiger partial charge in [0.2, 0.25) is 0 Å². The minimum absolute atomic E-state index is 0.0630. The Balaban J connectivity index is 1.24. The zero-order chi connectivity index (χ0) is 22.5. The molecule has 1 aliphatic carbocycles. The van der Waals surface area contributed by atoms with Crippen LogP contribution in [-0.2, 0) is 19.7 Å². The van der Waals surface area contributed by atoms with Crippen molar-refractivity contribution in [3.63, 3.8) is 0 Å². The highest BCUT2D eigenvalue weighted by atomic mass is 16.6. The fourth-order valence-electron chi connectivity index (χ4n) is 4.96. The molecule has 1 aromatic carbocycles. The number of furan rings is 1. The van der Waals surface area contributed by atoms with Crippen LogP contribution in [0.15, 0.2) is 47.1 Å². The van der Waals surface area contributed by atoms with Gasteiger partial charge in [0.05, 0.1) is 12.8 Å². The first-order chi connectivity index (χ1) is 15.4. The summed E-state index contributed by atoms with van der Waals surface area (Å²) in [5.41, 5.74) is 1.72. The Bertz CT molecular complexity index is 1080. The third kappa shape index (κ3) is 3.49. The van der Waals surface area contributed by atoms with E-state index < -0.39 is 17.8 Å². The number of ether oxygens (including phenoxy) is 1. The van der Waals surface area contributed by atoms with Crippen LogP contribution in [-0.4, -0.2) is 54.2 Å². The number of ketones is 2. The van der Waals surface area contributed by atoms with Crippen LogP contribution in [0.4, 0.5) is 10.5 Å². The standard InChI is InChI=1S/C24H24N2O6/c1-15(27)4-9-19-13-26(23(30)32-19)18-7-5-16(6-8-18)24-11-17(24)12-25(14-24)22(29)21(28)20-3-2-10-31-20/h2-3,5-8,10,17,19H,4,9,11-14H2,1H3/t17?,19-,24?/m0/s1. The van der Waals surface area contributed by atoms with Gasteiger partial charge in [0.1, 0.15) is 11.9 Å². The number of nitrogens with zero attached hydrogens (tertiary/aromatic N) is 2. The normalized spacial score (nSPS) is 26.1. The molecule has 2 aliphatic heterocycles. The number of Topliss-reactive ketones (excluding diaryl/α,β-unsaturated/α-hetero) is 2. The van der Waals surface area contributed by atoms with E-state index in [2.05, 4.69) is 0 Å². The molecule has 2 aromatic rings. The second kappa shape index (κ2) is 7.62. The van der Waals surface area contributed by atoms with Crippen LogP contribution in [0.1, 0.15) is 42.3 Å². The highest BCUT2D eigenvalue weighted by Gasteiger charge is 2.62. The van der Waals surface area contributed by atoms with Gasteiger partial charge in [-0.1, -0.05) is 12.1 Å². The maximum absolute atomic E-state index is 12.6. The van der Waals surface area contributed by atoms with E-state index in [9.17, 15) is 19.2 Å². The number of cyclic esters (lactones) is 1. The van der Waals surface area contributed by atoms with Crippen molar-refractivity contribution in [3.8, 4) is 0 Å². The van der Waals surface area contributed by atoms with Crippen molar-refractivity contribution in [3.05, 3.63) is 54.0 Å². The van der Waals surface area contributed by atoms with Crippen molar-refractivity contribution < 1.29 is 28.3 Å².